The van der Waals surface area contributed by atoms with Crippen molar-refractivity contribution in [2.45, 2.75) is 13.0 Å². The number of nitrogens with zero attached hydrogens (tertiary/aromatic N) is 1. The maximum absolute atomic E-state index is 6.25. The number of ether oxygens (including phenoxy) is 2. The summed E-state index contributed by atoms with van der Waals surface area (Å²) in [4.78, 5) is 4.29. The number of thiazole rings is 1. The molecule has 2 aromatic rings. The predicted octanol–water partition coefficient (Wildman–Crippen LogP) is 3.74. The van der Waals surface area contributed by atoms with Gasteiger partial charge in [0.1, 0.15) is 18.2 Å². The number of aromatic nitrogens is 1. The van der Waals surface area contributed by atoms with Crippen LogP contribution >= 0.6 is 22.9 Å². The Labute approximate surface area is 120 Å². The Morgan fingerprint density at radius 2 is 2.05 bits per heavy atom. The van der Waals surface area contributed by atoms with Crippen molar-refractivity contribution in [2.75, 3.05) is 18.5 Å². The fourth-order valence-corrected chi connectivity index (χ4v) is 2.77. The highest BCUT2D eigenvalue weighted by Crippen LogP contribution is 2.39. The zero-order valence-corrected chi connectivity index (χ0v) is 11.9. The van der Waals surface area contributed by atoms with Crippen molar-refractivity contribution in [3.05, 3.63) is 33.7 Å². The zero-order valence-electron chi connectivity index (χ0n) is 10.4. The minimum atomic E-state index is 0.0973. The van der Waals surface area contributed by atoms with Gasteiger partial charge in [-0.1, -0.05) is 11.6 Å². The van der Waals surface area contributed by atoms with Crippen LogP contribution in [0.2, 0.25) is 5.02 Å². The molecular formula is C13H13ClN2O2S. The maximum atomic E-state index is 6.25. The SMILES string of the molecule is CC(Nc1cc2c(cc1Cl)OCCO2)c1nccs1. The quantitative estimate of drug-likeness (QED) is 0.937. The Morgan fingerprint density at radius 1 is 1.32 bits per heavy atom. The fourth-order valence-electron chi connectivity index (χ4n) is 1.92. The largest absolute Gasteiger partial charge is 0.486 e. The second kappa shape index (κ2) is 5.27. The van der Waals surface area contributed by atoms with Gasteiger partial charge in [-0.05, 0) is 6.92 Å². The van der Waals surface area contributed by atoms with Gasteiger partial charge in [-0.3, -0.25) is 0 Å². The zero-order chi connectivity index (χ0) is 13.2. The Morgan fingerprint density at radius 3 is 2.74 bits per heavy atom. The smallest absolute Gasteiger partial charge is 0.163 e. The molecule has 0 amide bonds. The van der Waals surface area contributed by atoms with Crippen LogP contribution in [0.5, 0.6) is 11.5 Å². The molecule has 1 aliphatic rings. The average molecular weight is 297 g/mol. The van der Waals surface area contributed by atoms with Crippen molar-refractivity contribution < 1.29 is 9.47 Å². The van der Waals surface area contributed by atoms with E-state index < -0.39 is 0 Å². The second-order valence-corrected chi connectivity index (χ2v) is 5.55. The summed E-state index contributed by atoms with van der Waals surface area (Å²) < 4.78 is 11.0. The number of hydrogen-bond acceptors (Lipinski definition) is 5. The van der Waals surface area contributed by atoms with Crippen molar-refractivity contribution in [2.24, 2.45) is 0 Å². The summed E-state index contributed by atoms with van der Waals surface area (Å²) >= 11 is 7.86. The molecule has 1 unspecified atom stereocenters. The minimum absolute atomic E-state index is 0.0973. The molecular weight excluding hydrogens is 284 g/mol. The van der Waals surface area contributed by atoms with Crippen LogP contribution in [0.4, 0.5) is 5.69 Å². The first-order valence-electron chi connectivity index (χ1n) is 5.99. The lowest BCUT2D eigenvalue weighted by Crippen LogP contribution is -2.16. The molecule has 0 bridgehead atoms. The molecule has 6 heteroatoms. The van der Waals surface area contributed by atoms with E-state index in [4.69, 9.17) is 21.1 Å². The van der Waals surface area contributed by atoms with E-state index in [0.717, 1.165) is 16.4 Å². The molecule has 3 rings (SSSR count). The summed E-state index contributed by atoms with van der Waals surface area (Å²) in [7, 11) is 0. The molecule has 1 aliphatic heterocycles. The van der Waals surface area contributed by atoms with Gasteiger partial charge >= 0.3 is 0 Å². The van der Waals surface area contributed by atoms with Crippen LogP contribution in [0.25, 0.3) is 0 Å². The molecule has 100 valence electrons. The lowest BCUT2D eigenvalue weighted by Gasteiger charge is -2.21. The van der Waals surface area contributed by atoms with Gasteiger partial charge in [0.05, 0.1) is 16.8 Å². The highest BCUT2D eigenvalue weighted by atomic mass is 35.5. The lowest BCUT2D eigenvalue weighted by molar-refractivity contribution is 0.171. The standard InChI is InChI=1S/C13H13ClN2O2S/c1-8(13-15-2-5-19-13)16-10-7-12-11(6-9(10)14)17-3-4-18-12/h2,5-8,16H,3-4H2,1H3. The van der Waals surface area contributed by atoms with Gasteiger partial charge in [-0.15, -0.1) is 11.3 Å². The Kier molecular flexibility index (Phi) is 3.48. The molecule has 0 fully saturated rings. The van der Waals surface area contributed by atoms with Crippen molar-refractivity contribution in [3.8, 4) is 11.5 Å². The molecule has 0 saturated heterocycles. The normalized spacial score (nSPS) is 15.1. The highest BCUT2D eigenvalue weighted by Gasteiger charge is 2.17. The van der Waals surface area contributed by atoms with Crippen LogP contribution in [0.1, 0.15) is 18.0 Å². The first kappa shape index (κ1) is 12.6. The first-order valence-corrected chi connectivity index (χ1v) is 7.25. The Bertz CT molecular complexity index is 574. The molecule has 0 aliphatic carbocycles. The topological polar surface area (TPSA) is 43.4 Å². The summed E-state index contributed by atoms with van der Waals surface area (Å²) in [6, 6.07) is 3.76. The van der Waals surface area contributed by atoms with Gasteiger partial charge in [0.25, 0.3) is 0 Å². The molecule has 0 spiro atoms. The number of rotatable bonds is 3. The molecule has 2 heterocycles. The highest BCUT2D eigenvalue weighted by molar-refractivity contribution is 7.09. The molecule has 1 aromatic heterocycles. The third-order valence-electron chi connectivity index (χ3n) is 2.83. The Balaban J connectivity index is 1.84. The predicted molar refractivity (Wildman–Crippen MR) is 76.6 cm³/mol. The summed E-state index contributed by atoms with van der Waals surface area (Å²) in [5, 5.41) is 6.94. The number of fused-ring (bicyclic) bond motifs is 1. The Hall–Kier alpha value is -1.46. The van der Waals surface area contributed by atoms with Crippen LogP contribution in [-0.2, 0) is 0 Å². The molecule has 1 aromatic carbocycles. The van der Waals surface area contributed by atoms with E-state index in [9.17, 15) is 0 Å². The van der Waals surface area contributed by atoms with Crippen LogP contribution in [-0.4, -0.2) is 18.2 Å². The number of anilines is 1. The van der Waals surface area contributed by atoms with Crippen LogP contribution in [0.3, 0.4) is 0 Å². The van der Waals surface area contributed by atoms with Gasteiger partial charge in [0.15, 0.2) is 11.5 Å². The third kappa shape index (κ3) is 2.62. The van der Waals surface area contributed by atoms with Gasteiger partial charge in [0, 0.05) is 23.7 Å². The molecule has 0 saturated carbocycles. The average Bonchev–Trinajstić information content (AvgIpc) is 2.93. The minimum Gasteiger partial charge on any atom is -0.486 e. The van der Waals surface area contributed by atoms with Crippen molar-refractivity contribution >= 4 is 28.6 Å². The molecule has 19 heavy (non-hydrogen) atoms. The van der Waals surface area contributed by atoms with E-state index in [1.807, 2.05) is 18.4 Å². The maximum Gasteiger partial charge on any atom is 0.163 e. The molecule has 1 atom stereocenters. The number of benzene rings is 1. The van der Waals surface area contributed by atoms with Gasteiger partial charge in [-0.25, -0.2) is 4.98 Å². The van der Waals surface area contributed by atoms with Crippen LogP contribution in [0, 0.1) is 0 Å². The summed E-state index contributed by atoms with van der Waals surface area (Å²) in [6.45, 7) is 3.17. The van der Waals surface area contributed by atoms with E-state index >= 15 is 0 Å². The number of hydrogen-bond donors (Lipinski definition) is 1. The van der Waals surface area contributed by atoms with E-state index in [0.29, 0.717) is 24.0 Å². The van der Waals surface area contributed by atoms with E-state index in [-0.39, 0.29) is 6.04 Å². The van der Waals surface area contributed by atoms with Crippen molar-refractivity contribution in [3.63, 3.8) is 0 Å². The van der Waals surface area contributed by atoms with Gasteiger partial charge < -0.3 is 14.8 Å². The van der Waals surface area contributed by atoms with Gasteiger partial charge in [0.2, 0.25) is 0 Å². The molecule has 1 N–H and O–H groups in total. The number of halogens is 1. The van der Waals surface area contributed by atoms with E-state index in [1.54, 1.807) is 23.6 Å². The summed E-state index contributed by atoms with van der Waals surface area (Å²) in [6.07, 6.45) is 1.80. The first-order chi connectivity index (χ1) is 9.24. The van der Waals surface area contributed by atoms with Crippen molar-refractivity contribution in [1.29, 1.82) is 0 Å². The third-order valence-corrected chi connectivity index (χ3v) is 4.10. The monoisotopic (exact) mass is 296 g/mol. The second-order valence-electron chi connectivity index (χ2n) is 4.21. The van der Waals surface area contributed by atoms with Crippen LogP contribution < -0.4 is 14.8 Å². The van der Waals surface area contributed by atoms with E-state index in [2.05, 4.69) is 10.3 Å². The van der Waals surface area contributed by atoms with Crippen LogP contribution in [0.15, 0.2) is 23.7 Å². The summed E-state index contributed by atoms with van der Waals surface area (Å²) in [5.74, 6) is 1.42. The molecule has 0 radical (unpaired) electrons. The fraction of sp³-hybridized carbons (Fsp3) is 0.308. The van der Waals surface area contributed by atoms with Gasteiger partial charge in [-0.2, -0.15) is 0 Å². The summed E-state index contributed by atoms with van der Waals surface area (Å²) in [5.41, 5.74) is 0.827. The van der Waals surface area contributed by atoms with Crippen molar-refractivity contribution in [1.82, 2.24) is 4.98 Å². The lowest BCUT2D eigenvalue weighted by atomic mass is 10.2. The van der Waals surface area contributed by atoms with E-state index in [1.165, 1.54) is 0 Å². The molecule has 4 nitrogen and oxygen atoms in total. The number of nitrogens with one attached hydrogen (secondary N) is 1.